The van der Waals surface area contributed by atoms with Crippen LogP contribution >= 0.6 is 11.8 Å². The molecule has 2 aromatic rings. The maximum absolute atomic E-state index is 13.2. The molecule has 1 unspecified atom stereocenters. The maximum atomic E-state index is 13.2. The number of hydrogen-bond acceptors (Lipinski definition) is 4. The number of β-lactam (4-membered cyclic amide) rings is 1. The number of carbonyl (C=O) groups excluding carboxylic acids is 2. The lowest BCUT2D eigenvalue weighted by Crippen LogP contribution is -2.78. The summed E-state index contributed by atoms with van der Waals surface area (Å²) in [6, 6.07) is 16.3. The number of carbonyl (C=O) groups is 3. The van der Waals surface area contributed by atoms with E-state index >= 15 is 0 Å². The third-order valence-electron chi connectivity index (χ3n) is 5.88. The molecule has 156 valence electrons. The Hall–Kier alpha value is -2.80. The number of thioether (sulfide) groups is 1. The van der Waals surface area contributed by atoms with Gasteiger partial charge in [-0.15, -0.1) is 11.8 Å². The van der Waals surface area contributed by atoms with Gasteiger partial charge in [0.05, 0.1) is 0 Å². The Kier molecular flexibility index (Phi) is 4.89. The van der Waals surface area contributed by atoms with E-state index in [2.05, 4.69) is 5.32 Å². The molecular formula is C23H24N2O4S. The monoisotopic (exact) mass is 424 g/mol. The number of amides is 2. The summed E-state index contributed by atoms with van der Waals surface area (Å²) in [5, 5.41) is 12.1. The van der Waals surface area contributed by atoms with Gasteiger partial charge in [0.1, 0.15) is 17.0 Å². The largest absolute Gasteiger partial charge is 0.480 e. The molecule has 2 aliphatic rings. The highest BCUT2D eigenvalue weighted by molar-refractivity contribution is 8.01. The van der Waals surface area contributed by atoms with Crippen LogP contribution in [0.25, 0.3) is 0 Å². The third kappa shape index (κ3) is 3.17. The van der Waals surface area contributed by atoms with Gasteiger partial charge in [0, 0.05) is 10.3 Å². The first-order chi connectivity index (χ1) is 14.1. The third-order valence-corrected chi connectivity index (χ3v) is 7.64. The van der Waals surface area contributed by atoms with Crippen LogP contribution in [0.5, 0.6) is 0 Å². The second-order valence-electron chi connectivity index (χ2n) is 8.50. The van der Waals surface area contributed by atoms with Crippen LogP contribution < -0.4 is 5.32 Å². The fourth-order valence-electron chi connectivity index (χ4n) is 4.35. The fraction of sp³-hybridized carbons (Fsp3) is 0.348. The minimum absolute atomic E-state index is 0.325. The predicted octanol–water partition coefficient (Wildman–Crippen LogP) is 2.91. The van der Waals surface area contributed by atoms with E-state index in [0.717, 1.165) is 11.1 Å². The van der Waals surface area contributed by atoms with Gasteiger partial charge in [0.25, 0.3) is 11.8 Å². The number of nitrogens with zero attached hydrogens (tertiary/aromatic N) is 1. The summed E-state index contributed by atoms with van der Waals surface area (Å²) in [6.45, 7) is 5.32. The molecule has 0 saturated carbocycles. The van der Waals surface area contributed by atoms with Gasteiger partial charge >= 0.3 is 5.97 Å². The molecule has 2 aliphatic heterocycles. The smallest absolute Gasteiger partial charge is 0.327 e. The predicted molar refractivity (Wildman–Crippen MR) is 115 cm³/mol. The van der Waals surface area contributed by atoms with Crippen LogP contribution in [0.1, 0.15) is 42.3 Å². The van der Waals surface area contributed by atoms with Crippen molar-refractivity contribution in [2.24, 2.45) is 0 Å². The van der Waals surface area contributed by atoms with Crippen molar-refractivity contribution < 1.29 is 19.5 Å². The van der Waals surface area contributed by atoms with Gasteiger partial charge in [-0.3, -0.25) is 9.59 Å². The molecule has 0 aliphatic carbocycles. The van der Waals surface area contributed by atoms with Gasteiger partial charge in [-0.1, -0.05) is 48.5 Å². The molecule has 2 saturated heterocycles. The molecule has 0 bridgehead atoms. The van der Waals surface area contributed by atoms with Crippen LogP contribution in [0.3, 0.4) is 0 Å². The summed E-state index contributed by atoms with van der Waals surface area (Å²) >= 11 is 1.42. The van der Waals surface area contributed by atoms with Gasteiger partial charge in [0.2, 0.25) is 0 Å². The van der Waals surface area contributed by atoms with Gasteiger partial charge in [-0.2, -0.15) is 0 Å². The molecule has 7 heteroatoms. The Labute approximate surface area is 179 Å². The number of rotatable bonds is 5. The first-order valence-corrected chi connectivity index (χ1v) is 10.7. The Morgan fingerprint density at radius 1 is 1.07 bits per heavy atom. The topological polar surface area (TPSA) is 86.7 Å². The molecular weight excluding hydrogens is 400 g/mol. The summed E-state index contributed by atoms with van der Waals surface area (Å²) < 4.78 is -0.639. The van der Waals surface area contributed by atoms with Crippen molar-refractivity contribution in [1.29, 1.82) is 0 Å². The van der Waals surface area contributed by atoms with Gasteiger partial charge in [0.15, 0.2) is 0 Å². The van der Waals surface area contributed by atoms with E-state index in [0.29, 0.717) is 12.0 Å². The summed E-state index contributed by atoms with van der Waals surface area (Å²) in [4.78, 5) is 39.2. The first kappa shape index (κ1) is 20.5. The van der Waals surface area contributed by atoms with Crippen LogP contribution in [-0.2, 0) is 16.0 Å². The second kappa shape index (κ2) is 7.16. The fourth-order valence-corrected chi connectivity index (χ4v) is 6.00. The number of benzene rings is 2. The van der Waals surface area contributed by atoms with Gasteiger partial charge < -0.3 is 15.3 Å². The van der Waals surface area contributed by atoms with E-state index in [1.54, 1.807) is 19.1 Å². The summed E-state index contributed by atoms with van der Waals surface area (Å²) in [7, 11) is 0. The number of carboxylic acid groups (broad SMARTS) is 1. The molecule has 6 nitrogen and oxygen atoms in total. The zero-order valence-electron chi connectivity index (χ0n) is 17.1. The molecule has 0 radical (unpaired) electrons. The number of fused-ring (bicyclic) bond motifs is 1. The Morgan fingerprint density at radius 3 is 2.37 bits per heavy atom. The lowest BCUT2D eigenvalue weighted by molar-refractivity contribution is -0.165. The highest BCUT2D eigenvalue weighted by Crippen LogP contribution is 2.54. The van der Waals surface area contributed by atoms with E-state index in [1.807, 2.05) is 56.3 Å². The van der Waals surface area contributed by atoms with Crippen molar-refractivity contribution in [3.63, 3.8) is 0 Å². The number of nitrogens with one attached hydrogen (secondary N) is 1. The maximum Gasteiger partial charge on any atom is 0.327 e. The summed E-state index contributed by atoms with van der Waals surface area (Å²) in [5.74, 6) is -1.70. The van der Waals surface area contributed by atoms with Gasteiger partial charge in [-0.05, 0) is 44.4 Å². The minimum atomic E-state index is -1.14. The number of aliphatic carboxylic acids is 1. The van der Waals surface area contributed by atoms with Crippen LogP contribution in [0.2, 0.25) is 0 Å². The van der Waals surface area contributed by atoms with Crippen LogP contribution in [0, 0.1) is 0 Å². The molecule has 0 aromatic heterocycles. The Morgan fingerprint density at radius 2 is 1.70 bits per heavy atom. The summed E-state index contributed by atoms with van der Waals surface area (Å²) in [5.41, 5.74) is 1.35. The van der Waals surface area contributed by atoms with Crippen molar-refractivity contribution in [3.8, 4) is 0 Å². The highest BCUT2D eigenvalue weighted by atomic mass is 32.2. The zero-order chi connectivity index (χ0) is 21.7. The molecule has 4 rings (SSSR count). The van der Waals surface area contributed by atoms with E-state index in [-0.39, 0.29) is 11.8 Å². The lowest BCUT2D eigenvalue weighted by atomic mass is 9.85. The van der Waals surface area contributed by atoms with Crippen LogP contribution in [0.15, 0.2) is 54.6 Å². The average Bonchev–Trinajstić information content (AvgIpc) is 2.98. The van der Waals surface area contributed by atoms with Crippen molar-refractivity contribution in [3.05, 3.63) is 71.3 Å². The molecule has 2 heterocycles. The standard InChI is InChI=1S/C23H24N2O4S/c1-22(2)17(19(27)28)25-20(29)23(3,21(25)30-22)24-18(26)16-12-8-7-11-15(16)13-14-9-5-4-6-10-14/h4-12,17,21H,13H2,1-3H3,(H,24,26)(H,27,28)/t17-,21+,23?/m0/s1. The second-order valence-corrected chi connectivity index (χ2v) is 10.2. The van der Waals surface area contributed by atoms with E-state index in [9.17, 15) is 19.5 Å². The van der Waals surface area contributed by atoms with Crippen molar-refractivity contribution in [2.45, 2.75) is 48.9 Å². The average molecular weight is 425 g/mol. The molecule has 3 atom stereocenters. The minimum Gasteiger partial charge on any atom is -0.480 e. The molecule has 0 spiro atoms. The van der Waals surface area contributed by atoms with E-state index in [4.69, 9.17) is 0 Å². The molecule has 2 amide bonds. The molecule has 2 fully saturated rings. The normalized spacial score (nSPS) is 26.6. The highest BCUT2D eigenvalue weighted by Gasteiger charge is 2.70. The molecule has 2 N–H and O–H groups in total. The Balaban J connectivity index is 1.57. The summed E-state index contributed by atoms with van der Waals surface area (Å²) in [6.07, 6.45) is 0.605. The number of carboxylic acids is 1. The van der Waals surface area contributed by atoms with Crippen molar-refractivity contribution >= 4 is 29.5 Å². The molecule has 2 aromatic carbocycles. The van der Waals surface area contributed by atoms with Gasteiger partial charge in [-0.25, -0.2) is 4.79 Å². The SMILES string of the molecule is CC1(C)S[C@H]2N(C(=O)C2(C)NC(=O)c2ccccc2Cc2ccccc2)[C@H]1C(=O)O. The molecule has 30 heavy (non-hydrogen) atoms. The van der Waals surface area contributed by atoms with E-state index in [1.165, 1.54) is 16.7 Å². The quantitative estimate of drug-likeness (QED) is 0.721. The van der Waals surface area contributed by atoms with Crippen molar-refractivity contribution in [1.82, 2.24) is 10.2 Å². The van der Waals surface area contributed by atoms with Crippen LogP contribution in [-0.4, -0.2) is 49.5 Å². The zero-order valence-corrected chi connectivity index (χ0v) is 17.9. The first-order valence-electron chi connectivity index (χ1n) is 9.83. The van der Waals surface area contributed by atoms with E-state index < -0.39 is 27.7 Å². The van der Waals surface area contributed by atoms with Crippen LogP contribution in [0.4, 0.5) is 0 Å². The Bertz CT molecular complexity index is 1020. The van der Waals surface area contributed by atoms with Crippen molar-refractivity contribution in [2.75, 3.05) is 0 Å². The lowest BCUT2D eigenvalue weighted by Gasteiger charge is -2.51. The number of hydrogen-bond donors (Lipinski definition) is 2.